The first kappa shape index (κ1) is 25.6. The van der Waals surface area contributed by atoms with Gasteiger partial charge in [0.05, 0.1) is 12.6 Å². The van der Waals surface area contributed by atoms with Gasteiger partial charge in [-0.2, -0.15) is 0 Å². The first-order chi connectivity index (χ1) is 16.0. The molecule has 0 saturated heterocycles. The molecule has 0 atom stereocenters. The highest BCUT2D eigenvalue weighted by Crippen LogP contribution is 2.37. The summed E-state index contributed by atoms with van der Waals surface area (Å²) in [6.07, 6.45) is 0.872. The van der Waals surface area contributed by atoms with Gasteiger partial charge in [-0.05, 0) is 75.4 Å². The van der Waals surface area contributed by atoms with E-state index in [9.17, 15) is 18.0 Å². The van der Waals surface area contributed by atoms with Crippen molar-refractivity contribution in [2.75, 3.05) is 13.2 Å². The Kier molecular flexibility index (Phi) is 7.94. The summed E-state index contributed by atoms with van der Waals surface area (Å²) in [7, 11) is -3.98. The number of nitrogens with one attached hydrogen (secondary N) is 1. The number of hydrogen-bond donors (Lipinski definition) is 1. The molecule has 7 nitrogen and oxygen atoms in total. The van der Waals surface area contributed by atoms with Gasteiger partial charge in [-0.1, -0.05) is 30.3 Å². The lowest BCUT2D eigenvalue weighted by Gasteiger charge is -2.17. The van der Waals surface area contributed by atoms with Gasteiger partial charge in [0.15, 0.2) is 0 Å². The molecule has 0 radical (unpaired) electrons. The van der Waals surface area contributed by atoms with Crippen molar-refractivity contribution in [1.29, 1.82) is 0 Å². The van der Waals surface area contributed by atoms with Crippen molar-refractivity contribution in [2.24, 2.45) is 0 Å². The monoisotopic (exact) mass is 484 g/mol. The zero-order valence-corrected chi connectivity index (χ0v) is 21.2. The lowest BCUT2D eigenvalue weighted by molar-refractivity contribution is -0.122. The molecule has 0 bridgehead atoms. The molecule has 1 heterocycles. The third-order valence-electron chi connectivity index (χ3n) is 5.81. The van der Waals surface area contributed by atoms with Crippen LogP contribution in [0.25, 0.3) is 4.91 Å². The molecule has 34 heavy (non-hydrogen) atoms. The SMILES string of the molecule is CC1=C(c2ccc(C)c(C)c2)S(=O)(=O)N(Cc2ccc(C(=O)NCCCOC(C)C)cc2)C1=O. The molecule has 2 aromatic carbocycles. The molecule has 1 aliphatic rings. The predicted molar refractivity (Wildman–Crippen MR) is 132 cm³/mol. The minimum Gasteiger partial charge on any atom is -0.379 e. The number of aryl methyl sites for hydroxylation is 2. The number of hydrogen-bond acceptors (Lipinski definition) is 5. The fraction of sp³-hybridized carbons (Fsp3) is 0.385. The van der Waals surface area contributed by atoms with E-state index in [4.69, 9.17) is 4.74 Å². The number of sulfonamides is 1. The van der Waals surface area contributed by atoms with Crippen LogP contribution in [0.4, 0.5) is 0 Å². The highest BCUT2D eigenvalue weighted by atomic mass is 32.2. The van der Waals surface area contributed by atoms with Crippen molar-refractivity contribution < 1.29 is 22.7 Å². The van der Waals surface area contributed by atoms with Crippen LogP contribution in [0.1, 0.15) is 59.8 Å². The Morgan fingerprint density at radius 3 is 2.32 bits per heavy atom. The predicted octanol–water partition coefficient (Wildman–Crippen LogP) is 3.95. The molecule has 0 aliphatic carbocycles. The molecule has 1 N–H and O–H groups in total. The topological polar surface area (TPSA) is 92.8 Å². The summed E-state index contributed by atoms with van der Waals surface area (Å²) in [5.74, 6) is -0.742. The summed E-state index contributed by atoms with van der Waals surface area (Å²) >= 11 is 0. The molecule has 2 amide bonds. The molecule has 3 rings (SSSR count). The molecule has 182 valence electrons. The maximum absolute atomic E-state index is 13.3. The number of ether oxygens (including phenoxy) is 1. The van der Waals surface area contributed by atoms with Gasteiger partial charge >= 0.3 is 0 Å². The average Bonchev–Trinajstić information content (AvgIpc) is 2.95. The normalized spacial score (nSPS) is 15.4. The Balaban J connectivity index is 1.68. The van der Waals surface area contributed by atoms with Crippen LogP contribution in [0, 0.1) is 13.8 Å². The third kappa shape index (κ3) is 5.56. The van der Waals surface area contributed by atoms with Crippen molar-refractivity contribution >= 4 is 26.7 Å². The van der Waals surface area contributed by atoms with E-state index < -0.39 is 15.9 Å². The zero-order valence-electron chi connectivity index (χ0n) is 20.3. The van der Waals surface area contributed by atoms with E-state index in [1.807, 2.05) is 33.8 Å². The van der Waals surface area contributed by atoms with E-state index in [1.165, 1.54) is 0 Å². The molecule has 0 spiro atoms. The largest absolute Gasteiger partial charge is 0.379 e. The van der Waals surface area contributed by atoms with Gasteiger partial charge in [-0.25, -0.2) is 12.7 Å². The quantitative estimate of drug-likeness (QED) is 0.544. The van der Waals surface area contributed by atoms with Crippen LogP contribution in [0.2, 0.25) is 0 Å². The summed E-state index contributed by atoms with van der Waals surface area (Å²) in [6, 6.07) is 12.0. The van der Waals surface area contributed by atoms with Crippen molar-refractivity contribution in [1.82, 2.24) is 9.62 Å². The average molecular weight is 485 g/mol. The second-order valence-electron chi connectivity index (χ2n) is 8.80. The van der Waals surface area contributed by atoms with Gasteiger partial charge in [0.2, 0.25) is 0 Å². The van der Waals surface area contributed by atoms with Crippen molar-refractivity contribution in [3.63, 3.8) is 0 Å². The van der Waals surface area contributed by atoms with Crippen LogP contribution in [0.5, 0.6) is 0 Å². The maximum Gasteiger partial charge on any atom is 0.268 e. The van der Waals surface area contributed by atoms with Crippen molar-refractivity contribution in [3.8, 4) is 0 Å². The van der Waals surface area contributed by atoms with Gasteiger partial charge in [0.1, 0.15) is 4.91 Å². The molecule has 2 aromatic rings. The van der Waals surface area contributed by atoms with Crippen LogP contribution in [-0.4, -0.2) is 43.8 Å². The molecule has 8 heteroatoms. The van der Waals surface area contributed by atoms with Gasteiger partial charge in [-0.15, -0.1) is 0 Å². The smallest absolute Gasteiger partial charge is 0.268 e. The number of nitrogens with zero attached hydrogens (tertiary/aromatic N) is 1. The van der Waals surface area contributed by atoms with Gasteiger partial charge in [0.25, 0.3) is 21.8 Å². The first-order valence-corrected chi connectivity index (χ1v) is 12.8. The fourth-order valence-electron chi connectivity index (χ4n) is 3.72. The van der Waals surface area contributed by atoms with Gasteiger partial charge < -0.3 is 10.1 Å². The highest BCUT2D eigenvalue weighted by Gasteiger charge is 2.42. The van der Waals surface area contributed by atoms with E-state index in [2.05, 4.69) is 5.32 Å². The van der Waals surface area contributed by atoms with Crippen LogP contribution < -0.4 is 5.32 Å². The van der Waals surface area contributed by atoms with Crippen LogP contribution >= 0.6 is 0 Å². The second kappa shape index (κ2) is 10.5. The molecule has 0 fully saturated rings. The lowest BCUT2D eigenvalue weighted by Crippen LogP contribution is -2.31. The first-order valence-electron chi connectivity index (χ1n) is 11.4. The highest BCUT2D eigenvalue weighted by molar-refractivity contribution is 7.99. The van der Waals surface area contributed by atoms with Crippen molar-refractivity contribution in [2.45, 2.75) is 53.7 Å². The number of benzene rings is 2. The lowest BCUT2D eigenvalue weighted by atomic mass is 10.0. The summed E-state index contributed by atoms with van der Waals surface area (Å²) in [5, 5.41) is 2.84. The molecular weight excluding hydrogens is 452 g/mol. The van der Waals surface area contributed by atoms with E-state index in [0.717, 1.165) is 15.4 Å². The summed E-state index contributed by atoms with van der Waals surface area (Å²) < 4.78 is 32.9. The summed E-state index contributed by atoms with van der Waals surface area (Å²) in [4.78, 5) is 25.2. The second-order valence-corrected chi connectivity index (χ2v) is 10.6. The van der Waals surface area contributed by atoms with E-state index in [-0.39, 0.29) is 29.0 Å². The Bertz CT molecular complexity index is 1210. The van der Waals surface area contributed by atoms with Crippen LogP contribution in [0.15, 0.2) is 48.0 Å². The Morgan fingerprint density at radius 1 is 1.03 bits per heavy atom. The van der Waals surface area contributed by atoms with Crippen LogP contribution in [-0.2, 0) is 26.1 Å². The fourth-order valence-corrected chi connectivity index (χ4v) is 5.52. The minimum atomic E-state index is -3.98. The van der Waals surface area contributed by atoms with E-state index in [1.54, 1.807) is 43.3 Å². The van der Waals surface area contributed by atoms with Gasteiger partial charge in [0, 0.05) is 24.3 Å². The van der Waals surface area contributed by atoms with Crippen LogP contribution in [0.3, 0.4) is 0 Å². The number of amides is 2. The Labute approximate surface area is 201 Å². The summed E-state index contributed by atoms with van der Waals surface area (Å²) in [6.45, 7) is 10.3. The Hall–Kier alpha value is -2.97. The molecule has 1 aliphatic heterocycles. The number of rotatable bonds is 9. The molecular formula is C26H32N2O5S. The summed E-state index contributed by atoms with van der Waals surface area (Å²) in [5.41, 5.74) is 3.82. The molecule has 0 aromatic heterocycles. The van der Waals surface area contributed by atoms with E-state index >= 15 is 0 Å². The minimum absolute atomic E-state index is 0.0537. The van der Waals surface area contributed by atoms with Gasteiger partial charge in [-0.3, -0.25) is 9.59 Å². The van der Waals surface area contributed by atoms with E-state index in [0.29, 0.717) is 36.3 Å². The molecule has 0 saturated carbocycles. The Morgan fingerprint density at radius 2 is 1.71 bits per heavy atom. The molecule has 0 unspecified atom stereocenters. The zero-order chi connectivity index (χ0) is 25.0. The standard InChI is InChI=1S/C26H32N2O5S/c1-17(2)33-14-6-13-27-25(29)22-11-8-21(9-12-22)16-28-26(30)20(5)24(34(28,31)32)23-10-7-18(3)19(4)15-23/h7-12,15,17H,6,13-14,16H2,1-5H3,(H,27,29). The maximum atomic E-state index is 13.3. The number of carbonyl (C=O) groups excluding carboxylic acids is 2. The third-order valence-corrected chi connectivity index (χ3v) is 7.74. The van der Waals surface area contributed by atoms with Crippen molar-refractivity contribution in [3.05, 3.63) is 75.9 Å². The number of carbonyl (C=O) groups is 2.